The average molecular weight is 289 g/mol. The van der Waals surface area contributed by atoms with Crippen LogP contribution in [-0.2, 0) is 9.53 Å². The summed E-state index contributed by atoms with van der Waals surface area (Å²) < 4.78 is 4.87. The highest BCUT2D eigenvalue weighted by Gasteiger charge is 2.42. The van der Waals surface area contributed by atoms with Gasteiger partial charge in [0.25, 0.3) is 0 Å². The second kappa shape index (κ2) is 6.18. The summed E-state index contributed by atoms with van der Waals surface area (Å²) >= 11 is 5.50. The second-order valence-electron chi connectivity index (χ2n) is 4.98. The minimum atomic E-state index is -0.390. The van der Waals surface area contributed by atoms with Crippen LogP contribution in [0.2, 0.25) is 0 Å². The third-order valence-corrected chi connectivity index (χ3v) is 4.38. The van der Waals surface area contributed by atoms with Crippen molar-refractivity contribution in [2.45, 2.75) is 13.0 Å². The number of ether oxygens (including phenoxy) is 1. The van der Waals surface area contributed by atoms with Crippen LogP contribution in [0.5, 0.6) is 0 Å². The molecule has 3 atom stereocenters. The van der Waals surface area contributed by atoms with Crippen LogP contribution in [0.15, 0.2) is 43.0 Å². The van der Waals surface area contributed by atoms with Crippen molar-refractivity contribution < 1.29 is 9.53 Å². The first-order valence-corrected chi connectivity index (χ1v) is 7.06. The van der Waals surface area contributed by atoms with Crippen molar-refractivity contribution in [2.75, 3.05) is 13.7 Å². The van der Waals surface area contributed by atoms with Gasteiger partial charge >= 0.3 is 5.97 Å². The fourth-order valence-corrected chi connectivity index (χ4v) is 3.16. The topological polar surface area (TPSA) is 29.5 Å². The molecule has 1 fully saturated rings. The van der Waals surface area contributed by atoms with E-state index in [9.17, 15) is 4.79 Å². The van der Waals surface area contributed by atoms with Crippen LogP contribution >= 0.6 is 12.2 Å². The summed E-state index contributed by atoms with van der Waals surface area (Å²) in [6.07, 6.45) is 1.80. The molecule has 0 saturated carbocycles. The van der Waals surface area contributed by atoms with Crippen LogP contribution in [0.1, 0.15) is 18.5 Å². The zero-order chi connectivity index (χ0) is 14.7. The average Bonchev–Trinajstić information content (AvgIpc) is 2.83. The molecule has 0 spiro atoms. The van der Waals surface area contributed by atoms with E-state index in [0.717, 1.165) is 0 Å². The quantitative estimate of drug-likeness (QED) is 0.484. The van der Waals surface area contributed by atoms with Gasteiger partial charge < -0.3 is 9.64 Å². The number of nitrogens with zero attached hydrogens (tertiary/aromatic N) is 1. The minimum absolute atomic E-state index is 0.0149. The van der Waals surface area contributed by atoms with Crippen LogP contribution < -0.4 is 0 Å². The van der Waals surface area contributed by atoms with Gasteiger partial charge in [-0.05, 0) is 12.5 Å². The van der Waals surface area contributed by atoms with Crippen LogP contribution in [0.25, 0.3) is 0 Å². The van der Waals surface area contributed by atoms with E-state index in [1.165, 1.54) is 12.7 Å². The van der Waals surface area contributed by atoms with E-state index in [-0.39, 0.29) is 17.9 Å². The van der Waals surface area contributed by atoms with Crippen molar-refractivity contribution >= 4 is 23.2 Å². The number of thiocarbonyl (C=S) groups is 1. The number of carbonyl (C=O) groups excluding carboxylic acids is 1. The van der Waals surface area contributed by atoms with Gasteiger partial charge in [-0.15, -0.1) is 6.58 Å². The molecule has 1 aromatic carbocycles. The SMILES string of the molecule is C=CC1CN(C(C)c2ccccc2)C(=S)C1C(=O)OC. The van der Waals surface area contributed by atoms with Crippen LogP contribution in [0.3, 0.4) is 0 Å². The Hall–Kier alpha value is -1.68. The smallest absolute Gasteiger partial charge is 0.316 e. The van der Waals surface area contributed by atoms with Gasteiger partial charge in [0.15, 0.2) is 0 Å². The molecule has 0 aromatic heterocycles. The Morgan fingerprint density at radius 3 is 2.70 bits per heavy atom. The highest BCUT2D eigenvalue weighted by molar-refractivity contribution is 7.80. The number of methoxy groups -OCH3 is 1. The number of esters is 1. The summed E-state index contributed by atoms with van der Waals surface area (Å²) in [6.45, 7) is 6.62. The van der Waals surface area contributed by atoms with Gasteiger partial charge in [0.05, 0.1) is 18.1 Å². The Balaban J connectivity index is 2.24. The molecule has 20 heavy (non-hydrogen) atoms. The predicted molar refractivity (Wildman–Crippen MR) is 83.4 cm³/mol. The molecule has 4 heteroatoms. The zero-order valence-electron chi connectivity index (χ0n) is 11.8. The van der Waals surface area contributed by atoms with Crippen molar-refractivity contribution in [2.24, 2.45) is 11.8 Å². The molecule has 0 bridgehead atoms. The lowest BCUT2D eigenvalue weighted by Gasteiger charge is -2.27. The van der Waals surface area contributed by atoms with Crippen molar-refractivity contribution in [3.8, 4) is 0 Å². The monoisotopic (exact) mass is 289 g/mol. The van der Waals surface area contributed by atoms with E-state index in [1.807, 2.05) is 18.2 Å². The first-order chi connectivity index (χ1) is 9.60. The molecular formula is C16H19NO2S. The fraction of sp³-hybridized carbons (Fsp3) is 0.375. The van der Waals surface area contributed by atoms with E-state index < -0.39 is 5.92 Å². The van der Waals surface area contributed by atoms with Crippen molar-refractivity contribution in [1.29, 1.82) is 0 Å². The van der Waals surface area contributed by atoms with Gasteiger partial charge in [-0.25, -0.2) is 0 Å². The van der Waals surface area contributed by atoms with E-state index in [0.29, 0.717) is 11.5 Å². The first-order valence-electron chi connectivity index (χ1n) is 6.66. The van der Waals surface area contributed by atoms with E-state index in [4.69, 9.17) is 17.0 Å². The lowest BCUT2D eigenvalue weighted by atomic mass is 9.96. The minimum Gasteiger partial charge on any atom is -0.468 e. The molecular weight excluding hydrogens is 270 g/mol. The van der Waals surface area contributed by atoms with E-state index in [2.05, 4.69) is 30.5 Å². The van der Waals surface area contributed by atoms with Gasteiger partial charge in [-0.1, -0.05) is 48.6 Å². The summed E-state index contributed by atoms with van der Waals surface area (Å²) in [5.74, 6) is -0.651. The largest absolute Gasteiger partial charge is 0.468 e. The number of likely N-dealkylation sites (tertiary alicyclic amines) is 1. The molecule has 0 aliphatic carbocycles. The fourth-order valence-electron chi connectivity index (χ4n) is 2.66. The molecule has 1 aliphatic heterocycles. The Kier molecular flexibility index (Phi) is 4.55. The summed E-state index contributed by atoms with van der Waals surface area (Å²) in [6, 6.07) is 10.3. The molecule has 0 N–H and O–H groups in total. The molecule has 106 valence electrons. The maximum atomic E-state index is 11.9. The lowest BCUT2D eigenvalue weighted by Crippen LogP contribution is -2.31. The van der Waals surface area contributed by atoms with Gasteiger partial charge in [0.2, 0.25) is 0 Å². The number of rotatable bonds is 4. The van der Waals surface area contributed by atoms with Gasteiger partial charge in [0, 0.05) is 12.5 Å². The van der Waals surface area contributed by atoms with Gasteiger partial charge in [0.1, 0.15) is 5.92 Å². The second-order valence-corrected chi connectivity index (χ2v) is 5.40. The van der Waals surface area contributed by atoms with Crippen LogP contribution in [0, 0.1) is 11.8 Å². The molecule has 0 amide bonds. The van der Waals surface area contributed by atoms with Crippen LogP contribution in [-0.4, -0.2) is 29.5 Å². The third-order valence-electron chi connectivity index (χ3n) is 3.89. The highest BCUT2D eigenvalue weighted by Crippen LogP contribution is 2.34. The van der Waals surface area contributed by atoms with E-state index in [1.54, 1.807) is 6.08 Å². The Morgan fingerprint density at radius 2 is 2.15 bits per heavy atom. The Bertz CT molecular complexity index is 514. The van der Waals surface area contributed by atoms with Gasteiger partial charge in [-0.2, -0.15) is 0 Å². The first kappa shape index (κ1) is 14.7. The zero-order valence-corrected chi connectivity index (χ0v) is 12.6. The lowest BCUT2D eigenvalue weighted by molar-refractivity contribution is -0.143. The summed E-state index contributed by atoms with van der Waals surface area (Å²) in [5.41, 5.74) is 1.18. The number of hydrogen-bond acceptors (Lipinski definition) is 3. The number of benzene rings is 1. The van der Waals surface area contributed by atoms with Crippen molar-refractivity contribution in [1.82, 2.24) is 4.90 Å². The molecule has 3 unspecified atom stereocenters. The molecule has 1 saturated heterocycles. The van der Waals surface area contributed by atoms with Crippen molar-refractivity contribution in [3.63, 3.8) is 0 Å². The third kappa shape index (κ3) is 2.61. The molecule has 1 aliphatic rings. The normalized spacial score (nSPS) is 23.5. The van der Waals surface area contributed by atoms with Crippen LogP contribution in [0.4, 0.5) is 0 Å². The highest BCUT2D eigenvalue weighted by atomic mass is 32.1. The maximum Gasteiger partial charge on any atom is 0.316 e. The van der Waals surface area contributed by atoms with E-state index >= 15 is 0 Å². The Morgan fingerprint density at radius 1 is 1.50 bits per heavy atom. The predicted octanol–water partition coefficient (Wildman–Crippen LogP) is 2.98. The molecule has 0 radical (unpaired) electrons. The summed E-state index contributed by atoms with van der Waals surface area (Å²) in [7, 11) is 1.40. The van der Waals surface area contributed by atoms with Gasteiger partial charge in [-0.3, -0.25) is 4.79 Å². The number of hydrogen-bond donors (Lipinski definition) is 0. The standard InChI is InChI=1S/C16H19NO2S/c1-4-12-10-17(15(20)14(12)16(18)19-3)11(2)13-8-6-5-7-9-13/h4-9,11-12,14H,1,10H2,2-3H3. The summed E-state index contributed by atoms with van der Waals surface area (Å²) in [4.78, 5) is 14.7. The molecule has 2 rings (SSSR count). The molecule has 1 aromatic rings. The maximum absolute atomic E-state index is 11.9. The molecule has 3 nitrogen and oxygen atoms in total. The van der Waals surface area contributed by atoms with Crippen molar-refractivity contribution in [3.05, 3.63) is 48.6 Å². The summed E-state index contributed by atoms with van der Waals surface area (Å²) in [5, 5.41) is 0. The number of carbonyl (C=O) groups is 1. The Labute approximate surface area is 125 Å². The molecule has 1 heterocycles.